The monoisotopic (exact) mass is 289 g/mol. The van der Waals surface area contributed by atoms with Crippen LogP contribution in [0, 0.1) is 12.8 Å². The van der Waals surface area contributed by atoms with Gasteiger partial charge in [-0.3, -0.25) is 9.59 Å². The van der Waals surface area contributed by atoms with E-state index in [4.69, 9.17) is 5.73 Å². The van der Waals surface area contributed by atoms with Crippen LogP contribution in [0.1, 0.15) is 28.8 Å². The average Bonchev–Trinajstić information content (AvgIpc) is 2.48. The van der Waals surface area contributed by atoms with Crippen LogP contribution in [0.15, 0.2) is 18.2 Å². The zero-order valence-corrected chi connectivity index (χ0v) is 12.9. The highest BCUT2D eigenvalue weighted by Gasteiger charge is 2.29. The van der Waals surface area contributed by atoms with Gasteiger partial charge in [-0.1, -0.05) is 6.07 Å². The third-order valence-corrected chi connectivity index (χ3v) is 4.18. The van der Waals surface area contributed by atoms with Crippen molar-refractivity contribution in [2.24, 2.45) is 5.92 Å². The van der Waals surface area contributed by atoms with Crippen LogP contribution in [0.2, 0.25) is 0 Å². The lowest BCUT2D eigenvalue weighted by Crippen LogP contribution is -2.42. The first kappa shape index (κ1) is 15.4. The van der Waals surface area contributed by atoms with Crippen LogP contribution >= 0.6 is 0 Å². The lowest BCUT2D eigenvalue weighted by Gasteiger charge is -2.32. The van der Waals surface area contributed by atoms with E-state index in [-0.39, 0.29) is 17.7 Å². The molecule has 0 bridgehead atoms. The number of piperidine rings is 1. The SMILES string of the molecule is Cc1c(N)cccc1C(=O)N1CCC(C(=O)N(C)C)CC1. The van der Waals surface area contributed by atoms with Crippen LogP contribution in [0.5, 0.6) is 0 Å². The molecule has 1 heterocycles. The molecule has 2 rings (SSSR count). The second-order valence-electron chi connectivity index (χ2n) is 5.82. The van der Waals surface area contributed by atoms with Crippen LogP contribution in [-0.4, -0.2) is 48.8 Å². The number of carbonyl (C=O) groups is 2. The molecule has 5 heteroatoms. The van der Waals surface area contributed by atoms with E-state index >= 15 is 0 Å². The van der Waals surface area contributed by atoms with Gasteiger partial charge in [-0.05, 0) is 37.5 Å². The molecular weight excluding hydrogens is 266 g/mol. The van der Waals surface area contributed by atoms with Crippen molar-refractivity contribution in [2.45, 2.75) is 19.8 Å². The van der Waals surface area contributed by atoms with Gasteiger partial charge < -0.3 is 15.5 Å². The van der Waals surface area contributed by atoms with Crippen LogP contribution < -0.4 is 5.73 Å². The lowest BCUT2D eigenvalue weighted by atomic mass is 9.94. The highest BCUT2D eigenvalue weighted by Crippen LogP contribution is 2.23. The van der Waals surface area contributed by atoms with Gasteiger partial charge in [0.1, 0.15) is 0 Å². The predicted molar refractivity (Wildman–Crippen MR) is 82.9 cm³/mol. The van der Waals surface area contributed by atoms with E-state index < -0.39 is 0 Å². The van der Waals surface area contributed by atoms with Crippen molar-refractivity contribution in [3.8, 4) is 0 Å². The second-order valence-corrected chi connectivity index (χ2v) is 5.82. The largest absolute Gasteiger partial charge is 0.398 e. The maximum Gasteiger partial charge on any atom is 0.254 e. The fourth-order valence-corrected chi connectivity index (χ4v) is 2.75. The maximum atomic E-state index is 12.6. The van der Waals surface area contributed by atoms with Crippen molar-refractivity contribution in [3.05, 3.63) is 29.3 Å². The van der Waals surface area contributed by atoms with Gasteiger partial charge in [-0.25, -0.2) is 0 Å². The zero-order valence-electron chi connectivity index (χ0n) is 12.9. The molecule has 1 fully saturated rings. The lowest BCUT2D eigenvalue weighted by molar-refractivity contribution is -0.134. The number of amides is 2. The molecule has 0 aromatic heterocycles. The number of benzene rings is 1. The molecule has 1 aliphatic heterocycles. The Morgan fingerprint density at radius 3 is 2.43 bits per heavy atom. The molecule has 1 aromatic rings. The number of anilines is 1. The minimum absolute atomic E-state index is 0.00977. The van der Waals surface area contributed by atoms with E-state index in [9.17, 15) is 9.59 Å². The normalized spacial score (nSPS) is 15.9. The summed E-state index contributed by atoms with van der Waals surface area (Å²) in [4.78, 5) is 28.0. The van der Waals surface area contributed by atoms with Crippen molar-refractivity contribution in [3.63, 3.8) is 0 Å². The number of rotatable bonds is 2. The number of carbonyl (C=O) groups excluding carboxylic acids is 2. The van der Waals surface area contributed by atoms with Gasteiger partial charge in [-0.2, -0.15) is 0 Å². The van der Waals surface area contributed by atoms with Crippen molar-refractivity contribution < 1.29 is 9.59 Å². The van der Waals surface area contributed by atoms with E-state index in [0.717, 1.165) is 18.4 Å². The first-order valence-corrected chi connectivity index (χ1v) is 7.27. The van der Waals surface area contributed by atoms with E-state index in [0.29, 0.717) is 24.3 Å². The Labute approximate surface area is 125 Å². The molecule has 0 saturated carbocycles. The molecule has 0 aliphatic carbocycles. The number of nitrogen functional groups attached to an aromatic ring is 1. The summed E-state index contributed by atoms with van der Waals surface area (Å²) in [6.45, 7) is 3.11. The van der Waals surface area contributed by atoms with Crippen LogP contribution in [0.25, 0.3) is 0 Å². The summed E-state index contributed by atoms with van der Waals surface area (Å²) in [5.41, 5.74) is 7.99. The molecule has 2 amide bonds. The third kappa shape index (κ3) is 3.17. The summed E-state index contributed by atoms with van der Waals surface area (Å²) in [6, 6.07) is 5.41. The molecule has 0 unspecified atom stereocenters. The Bertz CT molecular complexity index is 546. The number of likely N-dealkylation sites (tertiary alicyclic amines) is 1. The van der Waals surface area contributed by atoms with Crippen LogP contribution in [-0.2, 0) is 4.79 Å². The van der Waals surface area contributed by atoms with Gasteiger partial charge in [0.05, 0.1) is 0 Å². The summed E-state index contributed by atoms with van der Waals surface area (Å²) in [5, 5.41) is 0. The van der Waals surface area contributed by atoms with Gasteiger partial charge in [0, 0.05) is 44.4 Å². The van der Waals surface area contributed by atoms with Crippen molar-refractivity contribution >= 4 is 17.5 Å². The molecule has 5 nitrogen and oxygen atoms in total. The van der Waals surface area contributed by atoms with Crippen LogP contribution in [0.4, 0.5) is 5.69 Å². The fourth-order valence-electron chi connectivity index (χ4n) is 2.75. The van der Waals surface area contributed by atoms with Gasteiger partial charge in [0.15, 0.2) is 0 Å². The topological polar surface area (TPSA) is 66.6 Å². The Morgan fingerprint density at radius 2 is 1.86 bits per heavy atom. The molecule has 1 saturated heterocycles. The first-order valence-electron chi connectivity index (χ1n) is 7.27. The quantitative estimate of drug-likeness (QED) is 0.839. The Balaban J connectivity index is 2.04. The number of nitrogens with zero attached hydrogens (tertiary/aromatic N) is 2. The van der Waals surface area contributed by atoms with E-state index in [1.54, 1.807) is 31.1 Å². The summed E-state index contributed by atoms with van der Waals surface area (Å²) >= 11 is 0. The first-order chi connectivity index (χ1) is 9.91. The molecule has 21 heavy (non-hydrogen) atoms. The van der Waals surface area contributed by atoms with Crippen LogP contribution in [0.3, 0.4) is 0 Å². The summed E-state index contributed by atoms with van der Waals surface area (Å²) in [7, 11) is 3.55. The van der Waals surface area contributed by atoms with E-state index in [2.05, 4.69) is 0 Å². The molecule has 114 valence electrons. The molecule has 1 aromatic carbocycles. The van der Waals surface area contributed by atoms with Crippen molar-refractivity contribution in [2.75, 3.05) is 32.9 Å². The summed E-state index contributed by atoms with van der Waals surface area (Å²) < 4.78 is 0. The Hall–Kier alpha value is -2.04. The standard InChI is InChI=1S/C16H23N3O2/c1-11-13(5-4-6-14(11)17)16(21)19-9-7-12(8-10-19)15(20)18(2)3/h4-6,12H,7-10,17H2,1-3H3. The van der Waals surface area contributed by atoms with E-state index in [1.165, 1.54) is 0 Å². The predicted octanol–water partition coefficient (Wildman–Crippen LogP) is 1.52. The fraction of sp³-hybridized carbons (Fsp3) is 0.500. The minimum Gasteiger partial charge on any atom is -0.398 e. The maximum absolute atomic E-state index is 12.6. The third-order valence-electron chi connectivity index (χ3n) is 4.18. The Kier molecular flexibility index (Phi) is 4.50. The highest BCUT2D eigenvalue weighted by atomic mass is 16.2. The van der Waals surface area contributed by atoms with Gasteiger partial charge in [0.25, 0.3) is 5.91 Å². The number of nitrogens with two attached hydrogens (primary N) is 1. The minimum atomic E-state index is 0.00977. The second kappa shape index (κ2) is 6.16. The molecule has 0 atom stereocenters. The van der Waals surface area contributed by atoms with Crippen molar-refractivity contribution in [1.29, 1.82) is 0 Å². The Morgan fingerprint density at radius 1 is 1.24 bits per heavy atom. The number of hydrogen-bond acceptors (Lipinski definition) is 3. The zero-order chi connectivity index (χ0) is 15.6. The molecule has 1 aliphatic rings. The van der Waals surface area contributed by atoms with Gasteiger partial charge in [-0.15, -0.1) is 0 Å². The van der Waals surface area contributed by atoms with E-state index in [1.807, 2.05) is 17.9 Å². The van der Waals surface area contributed by atoms with Gasteiger partial charge >= 0.3 is 0 Å². The van der Waals surface area contributed by atoms with Gasteiger partial charge in [0.2, 0.25) is 5.91 Å². The summed E-state index contributed by atoms with van der Waals surface area (Å²) in [6.07, 6.45) is 1.45. The number of hydrogen-bond donors (Lipinski definition) is 1. The molecule has 0 radical (unpaired) electrons. The highest BCUT2D eigenvalue weighted by molar-refractivity contribution is 5.97. The molecule has 2 N–H and O–H groups in total. The smallest absolute Gasteiger partial charge is 0.254 e. The summed E-state index contributed by atoms with van der Waals surface area (Å²) in [5.74, 6) is 0.198. The van der Waals surface area contributed by atoms with Crippen molar-refractivity contribution in [1.82, 2.24) is 9.80 Å². The molecule has 0 spiro atoms. The average molecular weight is 289 g/mol. The molecular formula is C16H23N3O2.